The Labute approximate surface area is 69.7 Å². The monoisotopic (exact) mass is 185 g/mol. The second-order valence-electron chi connectivity index (χ2n) is 1.52. The number of hydrogen-bond donors (Lipinski definition) is 1. The lowest BCUT2D eigenvalue weighted by Crippen LogP contribution is -2.20. The zero-order valence-electron chi connectivity index (χ0n) is 5.69. The third kappa shape index (κ3) is 5.40. The number of hydrogen-bond acceptors (Lipinski definition) is 3. The van der Waals surface area contributed by atoms with Crippen LogP contribution < -0.4 is 5.32 Å². The van der Waals surface area contributed by atoms with Crippen molar-refractivity contribution in [3.05, 3.63) is 0 Å². The first-order valence-corrected chi connectivity index (χ1v) is 5.93. The molecule has 0 aliphatic rings. The quantitative estimate of drug-likeness (QED) is 0.401. The Kier molecular flexibility index (Phi) is 7.81. The molecule has 9 heavy (non-hydrogen) atoms. The van der Waals surface area contributed by atoms with Crippen molar-refractivity contribution in [1.82, 2.24) is 5.32 Å². The summed E-state index contributed by atoms with van der Waals surface area (Å²) in [6.07, 6.45) is 3.10. The van der Waals surface area contributed by atoms with Crippen LogP contribution in [0.25, 0.3) is 0 Å². The Morgan fingerprint density at radius 3 is 2.67 bits per heavy atom. The van der Waals surface area contributed by atoms with Gasteiger partial charge in [0.2, 0.25) is 0 Å². The van der Waals surface area contributed by atoms with Gasteiger partial charge in [-0.25, -0.2) is 0 Å². The van der Waals surface area contributed by atoms with Crippen LogP contribution in [0.2, 0.25) is 0 Å². The van der Waals surface area contributed by atoms with Crippen LogP contribution in [-0.2, 0) is 0 Å². The van der Waals surface area contributed by atoms with E-state index in [-0.39, 0.29) is 0 Å². The first-order valence-electron chi connectivity index (χ1n) is 2.77. The van der Waals surface area contributed by atoms with Crippen LogP contribution in [0.1, 0.15) is 6.42 Å². The molecule has 0 saturated carbocycles. The van der Waals surface area contributed by atoms with Crippen molar-refractivity contribution in [2.24, 2.45) is 0 Å². The van der Waals surface area contributed by atoms with Gasteiger partial charge in [-0.3, -0.25) is 0 Å². The molecule has 1 atom stereocenters. The molecule has 1 nitrogen and oxygen atoms in total. The third-order valence-electron chi connectivity index (χ3n) is 0.906. The Bertz CT molecular complexity index is 56.9. The van der Waals surface area contributed by atoms with Gasteiger partial charge < -0.3 is 5.32 Å². The molecular weight excluding hydrogens is 174 g/mol. The summed E-state index contributed by atoms with van der Waals surface area (Å²) in [5.41, 5.74) is 0. The van der Waals surface area contributed by atoms with E-state index in [1.165, 1.54) is 0 Å². The van der Waals surface area contributed by atoms with E-state index in [0.29, 0.717) is 5.37 Å². The van der Waals surface area contributed by atoms with Gasteiger partial charge >= 0.3 is 0 Å². The first-order chi connectivity index (χ1) is 4.35. The molecule has 0 aromatic heterocycles. The topological polar surface area (TPSA) is 12.0 Å². The minimum absolute atomic E-state index is 0.512. The minimum atomic E-state index is 0.512. The van der Waals surface area contributed by atoms with Crippen molar-refractivity contribution in [2.45, 2.75) is 11.8 Å². The summed E-state index contributed by atoms with van der Waals surface area (Å²) >= 11 is 5.55. The lowest BCUT2D eigenvalue weighted by atomic mass is 10.5. The molecule has 1 N–H and O–H groups in total. The Hall–Kier alpha value is 0.950. The van der Waals surface area contributed by atoms with Crippen molar-refractivity contribution >= 4 is 33.2 Å². The highest BCUT2D eigenvalue weighted by atomic mass is 35.5. The fourth-order valence-corrected chi connectivity index (χ4v) is 2.62. The van der Waals surface area contributed by atoms with Crippen molar-refractivity contribution < 1.29 is 0 Å². The van der Waals surface area contributed by atoms with E-state index >= 15 is 0 Å². The predicted octanol–water partition coefficient (Wildman–Crippen LogP) is 2.17. The SMILES string of the molecule is CN[C@H](CCCl)SSC. The molecule has 0 radical (unpaired) electrons. The van der Waals surface area contributed by atoms with Gasteiger partial charge in [0.15, 0.2) is 0 Å². The average Bonchev–Trinajstić information content (AvgIpc) is 1.88. The molecular formula is C5H12ClNS2. The molecule has 0 aliphatic heterocycles. The molecule has 0 aliphatic carbocycles. The summed E-state index contributed by atoms with van der Waals surface area (Å²) in [5, 5.41) is 3.67. The summed E-state index contributed by atoms with van der Waals surface area (Å²) < 4.78 is 0. The molecule has 56 valence electrons. The van der Waals surface area contributed by atoms with Gasteiger partial charge in [-0.1, -0.05) is 21.6 Å². The van der Waals surface area contributed by atoms with Gasteiger partial charge in [-0.2, -0.15) is 0 Å². The van der Waals surface area contributed by atoms with Crippen molar-refractivity contribution in [3.8, 4) is 0 Å². The third-order valence-corrected chi connectivity index (χ3v) is 3.29. The van der Waals surface area contributed by atoms with E-state index in [9.17, 15) is 0 Å². The zero-order chi connectivity index (χ0) is 7.11. The Balaban J connectivity index is 3.18. The standard InChI is InChI=1S/C5H12ClNS2/c1-7-5(3-4-6)9-8-2/h5,7H,3-4H2,1-2H3/t5-/m0/s1. The Morgan fingerprint density at radius 2 is 2.33 bits per heavy atom. The highest BCUT2D eigenvalue weighted by Gasteiger charge is 2.02. The molecule has 0 aromatic rings. The van der Waals surface area contributed by atoms with E-state index in [0.717, 1.165) is 12.3 Å². The van der Waals surface area contributed by atoms with Crippen LogP contribution in [0.3, 0.4) is 0 Å². The number of halogens is 1. The fraction of sp³-hybridized carbons (Fsp3) is 1.00. The van der Waals surface area contributed by atoms with E-state index in [2.05, 4.69) is 11.6 Å². The van der Waals surface area contributed by atoms with Gasteiger partial charge in [-0.05, 0) is 19.7 Å². The predicted molar refractivity (Wildman–Crippen MR) is 49.3 cm³/mol. The van der Waals surface area contributed by atoms with E-state index in [1.54, 1.807) is 10.8 Å². The average molecular weight is 186 g/mol. The zero-order valence-corrected chi connectivity index (χ0v) is 8.07. The number of rotatable bonds is 5. The molecule has 0 fully saturated rings. The van der Waals surface area contributed by atoms with E-state index in [4.69, 9.17) is 11.6 Å². The van der Waals surface area contributed by atoms with E-state index < -0.39 is 0 Å². The summed E-state index contributed by atoms with van der Waals surface area (Å²) in [4.78, 5) is 0. The van der Waals surface area contributed by atoms with Crippen LogP contribution in [0.4, 0.5) is 0 Å². The van der Waals surface area contributed by atoms with Crippen molar-refractivity contribution in [2.75, 3.05) is 19.2 Å². The van der Waals surface area contributed by atoms with Crippen LogP contribution in [0.15, 0.2) is 0 Å². The van der Waals surface area contributed by atoms with Gasteiger partial charge in [0.1, 0.15) is 0 Å². The molecule has 0 aromatic carbocycles. The van der Waals surface area contributed by atoms with Crippen LogP contribution in [0.5, 0.6) is 0 Å². The van der Waals surface area contributed by atoms with Gasteiger partial charge in [0, 0.05) is 5.88 Å². The second-order valence-corrected chi connectivity index (χ2v) is 4.57. The number of nitrogens with one attached hydrogen (secondary N) is 1. The van der Waals surface area contributed by atoms with Gasteiger partial charge in [0.05, 0.1) is 5.37 Å². The normalized spacial score (nSPS) is 13.7. The second kappa shape index (κ2) is 7.06. The maximum absolute atomic E-state index is 5.55. The molecule has 0 bridgehead atoms. The maximum atomic E-state index is 5.55. The summed E-state index contributed by atoms with van der Waals surface area (Å²) in [7, 11) is 5.55. The molecule has 0 saturated heterocycles. The minimum Gasteiger partial charge on any atom is -0.308 e. The summed E-state index contributed by atoms with van der Waals surface area (Å²) in [6, 6.07) is 0. The first kappa shape index (κ1) is 9.95. The summed E-state index contributed by atoms with van der Waals surface area (Å²) in [5.74, 6) is 0.735. The number of alkyl halides is 1. The summed E-state index contributed by atoms with van der Waals surface area (Å²) in [6.45, 7) is 0. The molecule has 0 unspecified atom stereocenters. The lowest BCUT2D eigenvalue weighted by molar-refractivity contribution is 0.725. The largest absolute Gasteiger partial charge is 0.308 e. The lowest BCUT2D eigenvalue weighted by Gasteiger charge is -2.10. The fourth-order valence-electron chi connectivity index (χ4n) is 0.456. The van der Waals surface area contributed by atoms with Crippen molar-refractivity contribution in [3.63, 3.8) is 0 Å². The van der Waals surface area contributed by atoms with E-state index in [1.807, 2.05) is 17.8 Å². The van der Waals surface area contributed by atoms with Crippen LogP contribution in [0, 0.1) is 0 Å². The molecule has 0 amide bonds. The molecule has 0 heterocycles. The molecule has 0 spiro atoms. The van der Waals surface area contributed by atoms with Crippen LogP contribution >= 0.6 is 33.2 Å². The molecule has 4 heteroatoms. The maximum Gasteiger partial charge on any atom is 0.0645 e. The van der Waals surface area contributed by atoms with Gasteiger partial charge in [0.25, 0.3) is 0 Å². The highest BCUT2D eigenvalue weighted by Crippen LogP contribution is 2.23. The molecule has 0 rings (SSSR count). The van der Waals surface area contributed by atoms with Crippen LogP contribution in [-0.4, -0.2) is 24.6 Å². The highest BCUT2D eigenvalue weighted by molar-refractivity contribution is 8.76. The van der Waals surface area contributed by atoms with Crippen molar-refractivity contribution in [1.29, 1.82) is 0 Å². The van der Waals surface area contributed by atoms with Gasteiger partial charge in [-0.15, -0.1) is 11.6 Å². The smallest absolute Gasteiger partial charge is 0.0645 e. The Morgan fingerprint density at radius 1 is 1.67 bits per heavy atom.